The van der Waals surface area contributed by atoms with Crippen LogP contribution in [0.1, 0.15) is 12.7 Å². The Morgan fingerprint density at radius 2 is 1.27 bits per heavy atom. The van der Waals surface area contributed by atoms with E-state index < -0.39 is 0 Å². The fourth-order valence-electron chi connectivity index (χ4n) is 6.80. The van der Waals surface area contributed by atoms with Gasteiger partial charge in [-0.1, -0.05) is 97.9 Å². The fraction of sp³-hybridized carbons (Fsp3) is 0.0500. The highest BCUT2D eigenvalue weighted by Gasteiger charge is 2.21. The third-order valence-electron chi connectivity index (χ3n) is 8.74. The lowest BCUT2D eigenvalue weighted by atomic mass is 9.89. The molecule has 0 fully saturated rings. The predicted octanol–water partition coefficient (Wildman–Crippen LogP) is 10.5. The number of furan rings is 1. The van der Waals surface area contributed by atoms with E-state index in [1.54, 1.807) is 0 Å². The molecule has 9 rings (SSSR count). The molecule has 6 aromatic carbocycles. The second-order valence-corrected chi connectivity index (χ2v) is 11.2. The van der Waals surface area contributed by atoms with Crippen LogP contribution in [-0.4, -0.2) is 14.5 Å². The summed E-state index contributed by atoms with van der Waals surface area (Å²) in [5, 5.41) is 5.65. The zero-order chi connectivity index (χ0) is 29.2. The summed E-state index contributed by atoms with van der Waals surface area (Å²) in [5.74, 6) is 1.05. The second-order valence-electron chi connectivity index (χ2n) is 11.2. The van der Waals surface area contributed by atoms with Gasteiger partial charge >= 0.3 is 0 Å². The summed E-state index contributed by atoms with van der Waals surface area (Å²) >= 11 is 0. The Balaban J connectivity index is 1.36. The lowest BCUT2D eigenvalue weighted by Gasteiger charge is -2.16. The molecule has 9 aromatic rings. The maximum atomic E-state index is 6.52. The molecule has 3 heterocycles. The standard InChI is InChI=1S/C40H27N3O/c1-2-36-41-32-17-9-10-18-33(32)43(36)27-22-20-26(21-23-27)40-30-24-35-39(29-15-7-11-19-34(29)44-35)37(25-12-4-3-5-13-25)38(30)28-14-6-8-16-31(28)42-40/h3-24H,2H2,1H3. The zero-order valence-electron chi connectivity index (χ0n) is 24.2. The molecule has 3 aromatic heterocycles. The molecule has 208 valence electrons. The molecule has 0 amide bonds. The van der Waals surface area contributed by atoms with Crippen LogP contribution in [0.15, 0.2) is 138 Å². The molecule has 0 aliphatic rings. The molecule has 0 bridgehead atoms. The Bertz CT molecular complexity index is 2520. The molecule has 0 aliphatic carbocycles. The molecule has 4 nitrogen and oxygen atoms in total. The number of benzene rings is 6. The van der Waals surface area contributed by atoms with Crippen molar-refractivity contribution >= 4 is 54.6 Å². The first kappa shape index (κ1) is 24.8. The van der Waals surface area contributed by atoms with Gasteiger partial charge in [0.05, 0.1) is 22.2 Å². The first-order valence-corrected chi connectivity index (χ1v) is 15.1. The minimum Gasteiger partial charge on any atom is -0.456 e. The van der Waals surface area contributed by atoms with Gasteiger partial charge in [0.25, 0.3) is 0 Å². The van der Waals surface area contributed by atoms with Crippen LogP contribution in [0.5, 0.6) is 0 Å². The van der Waals surface area contributed by atoms with Crippen LogP contribution in [0.3, 0.4) is 0 Å². The van der Waals surface area contributed by atoms with Gasteiger partial charge in [0.2, 0.25) is 0 Å². The molecule has 0 atom stereocenters. The Kier molecular flexibility index (Phi) is 5.44. The lowest BCUT2D eigenvalue weighted by molar-refractivity contribution is 0.669. The van der Waals surface area contributed by atoms with Crippen molar-refractivity contribution in [2.75, 3.05) is 0 Å². The highest BCUT2D eigenvalue weighted by Crippen LogP contribution is 2.46. The van der Waals surface area contributed by atoms with Crippen LogP contribution in [-0.2, 0) is 6.42 Å². The van der Waals surface area contributed by atoms with Gasteiger partial charge in [0, 0.05) is 50.2 Å². The van der Waals surface area contributed by atoms with Crippen LogP contribution in [0.2, 0.25) is 0 Å². The van der Waals surface area contributed by atoms with E-state index in [-0.39, 0.29) is 0 Å². The van der Waals surface area contributed by atoms with E-state index in [0.717, 1.165) is 84.0 Å². The van der Waals surface area contributed by atoms with Crippen LogP contribution < -0.4 is 0 Å². The number of para-hydroxylation sites is 4. The van der Waals surface area contributed by atoms with E-state index in [0.29, 0.717) is 0 Å². The SMILES string of the molecule is CCc1nc2ccccc2n1-c1ccc(-c2nc3ccccc3c3c(-c4ccccc4)c4c(cc23)oc2ccccc24)cc1. The number of rotatable bonds is 4. The maximum Gasteiger partial charge on any atom is 0.136 e. The van der Waals surface area contributed by atoms with Crippen molar-refractivity contribution < 1.29 is 4.42 Å². The normalized spacial score (nSPS) is 11.8. The van der Waals surface area contributed by atoms with Gasteiger partial charge in [-0.25, -0.2) is 9.97 Å². The number of fused-ring (bicyclic) bond motifs is 7. The number of nitrogens with zero attached hydrogens (tertiary/aromatic N) is 3. The van der Waals surface area contributed by atoms with Crippen molar-refractivity contribution in [3.05, 3.63) is 139 Å². The molecular weight excluding hydrogens is 538 g/mol. The number of pyridine rings is 1. The van der Waals surface area contributed by atoms with E-state index in [2.05, 4.69) is 133 Å². The maximum absolute atomic E-state index is 6.52. The van der Waals surface area contributed by atoms with Crippen LogP contribution in [0.4, 0.5) is 0 Å². The van der Waals surface area contributed by atoms with Gasteiger partial charge in [-0.05, 0) is 48.0 Å². The predicted molar refractivity (Wildman–Crippen MR) is 181 cm³/mol. The molecule has 0 unspecified atom stereocenters. The average molecular weight is 566 g/mol. The number of aryl methyl sites for hydroxylation is 1. The first-order chi connectivity index (χ1) is 21.8. The summed E-state index contributed by atoms with van der Waals surface area (Å²) in [4.78, 5) is 10.2. The van der Waals surface area contributed by atoms with E-state index in [1.165, 1.54) is 10.9 Å². The quantitative estimate of drug-likeness (QED) is 0.199. The molecule has 0 radical (unpaired) electrons. The minimum absolute atomic E-state index is 0.850. The van der Waals surface area contributed by atoms with Crippen molar-refractivity contribution in [2.45, 2.75) is 13.3 Å². The van der Waals surface area contributed by atoms with Crippen LogP contribution in [0, 0.1) is 0 Å². The van der Waals surface area contributed by atoms with Gasteiger partial charge in [0.1, 0.15) is 17.0 Å². The largest absolute Gasteiger partial charge is 0.456 e. The Hall–Kier alpha value is -5.74. The Morgan fingerprint density at radius 1 is 0.568 bits per heavy atom. The number of imidazole rings is 1. The van der Waals surface area contributed by atoms with Crippen molar-refractivity contribution in [1.29, 1.82) is 0 Å². The lowest BCUT2D eigenvalue weighted by Crippen LogP contribution is -2.00. The van der Waals surface area contributed by atoms with Gasteiger partial charge < -0.3 is 4.42 Å². The number of hydrogen-bond donors (Lipinski definition) is 0. The molecule has 44 heavy (non-hydrogen) atoms. The van der Waals surface area contributed by atoms with E-state index >= 15 is 0 Å². The molecule has 0 N–H and O–H groups in total. The summed E-state index contributed by atoms with van der Waals surface area (Å²) in [7, 11) is 0. The molecule has 0 aliphatic heterocycles. The van der Waals surface area contributed by atoms with Gasteiger partial charge in [-0.15, -0.1) is 0 Å². The average Bonchev–Trinajstić information content (AvgIpc) is 3.65. The molecule has 4 heteroatoms. The summed E-state index contributed by atoms with van der Waals surface area (Å²) in [5.41, 5.74) is 10.3. The molecular formula is C40H27N3O. The Labute approximate surface area is 253 Å². The van der Waals surface area contributed by atoms with Gasteiger partial charge in [-0.2, -0.15) is 0 Å². The summed E-state index contributed by atoms with van der Waals surface area (Å²) in [6.07, 6.45) is 0.850. The fourth-order valence-corrected chi connectivity index (χ4v) is 6.80. The van der Waals surface area contributed by atoms with Crippen molar-refractivity contribution in [3.63, 3.8) is 0 Å². The summed E-state index contributed by atoms with van der Waals surface area (Å²) in [6.45, 7) is 2.15. The molecule has 0 saturated heterocycles. The van der Waals surface area contributed by atoms with E-state index in [9.17, 15) is 0 Å². The highest BCUT2D eigenvalue weighted by molar-refractivity contribution is 6.27. The zero-order valence-corrected chi connectivity index (χ0v) is 24.2. The minimum atomic E-state index is 0.850. The smallest absolute Gasteiger partial charge is 0.136 e. The topological polar surface area (TPSA) is 43.9 Å². The van der Waals surface area contributed by atoms with Crippen molar-refractivity contribution in [2.24, 2.45) is 0 Å². The highest BCUT2D eigenvalue weighted by atomic mass is 16.3. The molecule has 0 saturated carbocycles. The van der Waals surface area contributed by atoms with Gasteiger partial charge in [0.15, 0.2) is 0 Å². The number of hydrogen-bond acceptors (Lipinski definition) is 3. The van der Waals surface area contributed by atoms with E-state index in [1.807, 2.05) is 12.1 Å². The van der Waals surface area contributed by atoms with E-state index in [4.69, 9.17) is 14.4 Å². The van der Waals surface area contributed by atoms with Crippen molar-refractivity contribution in [1.82, 2.24) is 14.5 Å². The van der Waals surface area contributed by atoms with Crippen molar-refractivity contribution in [3.8, 4) is 28.1 Å². The second kappa shape index (κ2) is 9.65. The summed E-state index contributed by atoms with van der Waals surface area (Å²) in [6, 6.07) is 46.7. The molecule has 0 spiro atoms. The van der Waals surface area contributed by atoms with Crippen LogP contribution >= 0.6 is 0 Å². The van der Waals surface area contributed by atoms with Gasteiger partial charge in [-0.3, -0.25) is 4.57 Å². The third-order valence-corrected chi connectivity index (χ3v) is 8.74. The van der Waals surface area contributed by atoms with Crippen LogP contribution in [0.25, 0.3) is 82.7 Å². The summed E-state index contributed by atoms with van der Waals surface area (Å²) < 4.78 is 8.78. The Morgan fingerprint density at radius 3 is 2.09 bits per heavy atom. The first-order valence-electron chi connectivity index (χ1n) is 15.1. The number of aromatic nitrogens is 3. The third kappa shape index (κ3) is 3.64. The monoisotopic (exact) mass is 565 g/mol.